The lowest BCUT2D eigenvalue weighted by atomic mass is 10.2. The first-order valence-electron chi connectivity index (χ1n) is 7.41. The Hall–Kier alpha value is -2.66. The van der Waals surface area contributed by atoms with Gasteiger partial charge in [0.05, 0.1) is 28.8 Å². The molecule has 6 heteroatoms. The third kappa shape index (κ3) is 3.46. The molecule has 0 saturated heterocycles. The number of hydrazone groups is 1. The molecule has 1 N–H and O–H groups in total. The molecular formula is C18H16ClFN4. The number of anilines is 1. The second kappa shape index (κ2) is 6.84. The van der Waals surface area contributed by atoms with Gasteiger partial charge in [-0.15, -0.1) is 0 Å². The number of halogens is 2. The molecule has 2 aromatic carbocycles. The molecule has 3 rings (SSSR count). The molecule has 0 atom stereocenters. The maximum atomic E-state index is 13.1. The van der Waals surface area contributed by atoms with E-state index in [4.69, 9.17) is 11.6 Å². The quantitative estimate of drug-likeness (QED) is 0.550. The second-order valence-electron chi connectivity index (χ2n) is 5.42. The molecular weight excluding hydrogens is 327 g/mol. The molecule has 3 aromatic rings. The molecule has 0 spiro atoms. The van der Waals surface area contributed by atoms with Crippen LogP contribution in [-0.2, 0) is 0 Å². The van der Waals surface area contributed by atoms with Crippen LogP contribution in [0.2, 0.25) is 5.15 Å². The van der Waals surface area contributed by atoms with Gasteiger partial charge in [-0.2, -0.15) is 10.2 Å². The molecule has 0 bridgehead atoms. The van der Waals surface area contributed by atoms with Gasteiger partial charge in [0.25, 0.3) is 0 Å². The van der Waals surface area contributed by atoms with Crippen molar-refractivity contribution < 1.29 is 4.39 Å². The normalized spacial score (nSPS) is 11.2. The minimum Gasteiger partial charge on any atom is -0.278 e. The molecule has 4 nitrogen and oxygen atoms in total. The van der Waals surface area contributed by atoms with Gasteiger partial charge in [0.2, 0.25) is 0 Å². The van der Waals surface area contributed by atoms with Gasteiger partial charge in [-0.3, -0.25) is 5.43 Å². The van der Waals surface area contributed by atoms with Crippen molar-refractivity contribution in [2.45, 2.75) is 13.8 Å². The highest BCUT2D eigenvalue weighted by Gasteiger charge is 2.13. The zero-order chi connectivity index (χ0) is 17.1. The summed E-state index contributed by atoms with van der Waals surface area (Å²) in [5.41, 5.74) is 7.15. The van der Waals surface area contributed by atoms with Gasteiger partial charge in [-0.1, -0.05) is 23.7 Å². The largest absolute Gasteiger partial charge is 0.278 e. The van der Waals surface area contributed by atoms with Crippen molar-refractivity contribution in [2.24, 2.45) is 5.10 Å². The molecule has 0 aliphatic rings. The summed E-state index contributed by atoms with van der Waals surface area (Å²) >= 11 is 6.40. The van der Waals surface area contributed by atoms with Gasteiger partial charge in [0.1, 0.15) is 11.0 Å². The Morgan fingerprint density at radius 2 is 1.92 bits per heavy atom. The summed E-state index contributed by atoms with van der Waals surface area (Å²) in [7, 11) is 0. The van der Waals surface area contributed by atoms with Crippen LogP contribution >= 0.6 is 11.6 Å². The number of rotatable bonds is 4. The number of aromatic nitrogens is 2. The number of benzene rings is 2. The van der Waals surface area contributed by atoms with Crippen LogP contribution in [0.3, 0.4) is 0 Å². The summed E-state index contributed by atoms with van der Waals surface area (Å²) < 4.78 is 14.6. The van der Waals surface area contributed by atoms with Crippen molar-refractivity contribution >= 4 is 23.5 Å². The Kier molecular flexibility index (Phi) is 4.62. The SMILES string of the molecule is Cc1cccc(N/N=C\c2c(C)nn(-c3ccc(F)cc3)c2Cl)c1. The van der Waals surface area contributed by atoms with Crippen LogP contribution in [-0.4, -0.2) is 16.0 Å². The first-order chi connectivity index (χ1) is 11.5. The van der Waals surface area contributed by atoms with Gasteiger partial charge in [0, 0.05) is 0 Å². The monoisotopic (exact) mass is 342 g/mol. The minimum atomic E-state index is -0.303. The van der Waals surface area contributed by atoms with Crippen LogP contribution in [0.4, 0.5) is 10.1 Å². The Morgan fingerprint density at radius 1 is 1.17 bits per heavy atom. The Labute approximate surface area is 144 Å². The lowest BCUT2D eigenvalue weighted by Crippen LogP contribution is -1.97. The molecule has 0 saturated carbocycles. The third-order valence-electron chi connectivity index (χ3n) is 3.52. The maximum Gasteiger partial charge on any atom is 0.142 e. The van der Waals surface area contributed by atoms with Crippen molar-refractivity contribution in [1.82, 2.24) is 9.78 Å². The summed E-state index contributed by atoms with van der Waals surface area (Å²) in [6.45, 7) is 3.86. The highest BCUT2D eigenvalue weighted by Crippen LogP contribution is 2.22. The number of aryl methyl sites for hydroxylation is 2. The fourth-order valence-electron chi connectivity index (χ4n) is 2.30. The maximum absolute atomic E-state index is 13.1. The smallest absolute Gasteiger partial charge is 0.142 e. The van der Waals surface area contributed by atoms with E-state index in [9.17, 15) is 4.39 Å². The summed E-state index contributed by atoms with van der Waals surface area (Å²) in [5.74, 6) is -0.303. The summed E-state index contributed by atoms with van der Waals surface area (Å²) in [6, 6.07) is 13.9. The predicted octanol–water partition coefficient (Wildman–Crippen LogP) is 4.73. The molecule has 122 valence electrons. The van der Waals surface area contributed by atoms with Crippen molar-refractivity contribution in [3.8, 4) is 5.69 Å². The van der Waals surface area contributed by atoms with Gasteiger partial charge in [-0.25, -0.2) is 9.07 Å². The van der Waals surface area contributed by atoms with E-state index in [2.05, 4.69) is 15.6 Å². The molecule has 0 aliphatic carbocycles. The molecule has 1 aromatic heterocycles. The average molecular weight is 343 g/mol. The predicted molar refractivity (Wildman–Crippen MR) is 95.7 cm³/mol. The summed E-state index contributed by atoms with van der Waals surface area (Å²) in [5, 5.41) is 9.04. The van der Waals surface area contributed by atoms with Crippen LogP contribution in [0, 0.1) is 19.7 Å². The summed E-state index contributed by atoms with van der Waals surface area (Å²) in [4.78, 5) is 0. The lowest BCUT2D eigenvalue weighted by molar-refractivity contribution is 0.627. The molecule has 0 amide bonds. The molecule has 0 unspecified atom stereocenters. The van der Waals surface area contributed by atoms with E-state index < -0.39 is 0 Å². The number of hydrogen-bond donors (Lipinski definition) is 1. The van der Waals surface area contributed by atoms with E-state index in [-0.39, 0.29) is 5.82 Å². The van der Waals surface area contributed by atoms with Crippen molar-refractivity contribution in [2.75, 3.05) is 5.43 Å². The van der Waals surface area contributed by atoms with Gasteiger partial charge in [0.15, 0.2) is 0 Å². The van der Waals surface area contributed by atoms with E-state index in [1.54, 1.807) is 23.0 Å². The molecule has 0 aliphatic heterocycles. The Morgan fingerprint density at radius 3 is 2.62 bits per heavy atom. The van der Waals surface area contributed by atoms with E-state index in [1.165, 1.54) is 12.1 Å². The second-order valence-corrected chi connectivity index (χ2v) is 5.78. The highest BCUT2D eigenvalue weighted by atomic mass is 35.5. The zero-order valence-electron chi connectivity index (χ0n) is 13.3. The highest BCUT2D eigenvalue weighted by molar-refractivity contribution is 6.32. The van der Waals surface area contributed by atoms with Crippen molar-refractivity contribution in [1.29, 1.82) is 0 Å². The summed E-state index contributed by atoms with van der Waals surface area (Å²) in [6.07, 6.45) is 1.63. The van der Waals surface area contributed by atoms with Crippen LogP contribution in [0.5, 0.6) is 0 Å². The molecule has 0 radical (unpaired) electrons. The fourth-order valence-corrected chi connectivity index (χ4v) is 2.62. The fraction of sp³-hybridized carbons (Fsp3) is 0.111. The van der Waals surface area contributed by atoms with Gasteiger partial charge < -0.3 is 0 Å². The first-order valence-corrected chi connectivity index (χ1v) is 7.79. The third-order valence-corrected chi connectivity index (χ3v) is 3.89. The topological polar surface area (TPSA) is 42.2 Å². The molecule has 1 heterocycles. The Bertz CT molecular complexity index is 885. The van der Waals surface area contributed by atoms with Crippen LogP contribution < -0.4 is 5.43 Å². The minimum absolute atomic E-state index is 0.303. The number of nitrogens with zero attached hydrogens (tertiary/aromatic N) is 3. The van der Waals surface area contributed by atoms with Crippen LogP contribution in [0.25, 0.3) is 5.69 Å². The Balaban J connectivity index is 1.84. The first kappa shape index (κ1) is 16.2. The van der Waals surface area contributed by atoms with E-state index in [0.717, 1.165) is 16.9 Å². The number of hydrogen-bond acceptors (Lipinski definition) is 3. The molecule has 24 heavy (non-hydrogen) atoms. The van der Waals surface area contributed by atoms with Crippen LogP contribution in [0.15, 0.2) is 53.6 Å². The van der Waals surface area contributed by atoms with Crippen molar-refractivity contribution in [3.63, 3.8) is 0 Å². The van der Waals surface area contributed by atoms with Gasteiger partial charge >= 0.3 is 0 Å². The van der Waals surface area contributed by atoms with Crippen LogP contribution in [0.1, 0.15) is 16.8 Å². The van der Waals surface area contributed by atoms with Gasteiger partial charge in [-0.05, 0) is 55.8 Å². The van der Waals surface area contributed by atoms with E-state index in [0.29, 0.717) is 16.4 Å². The van der Waals surface area contributed by atoms with Crippen molar-refractivity contribution in [3.05, 3.63) is 76.3 Å². The standard InChI is InChI=1S/C18H16ClFN4/c1-12-4-3-5-15(10-12)22-21-11-17-13(2)23-24(18(17)19)16-8-6-14(20)7-9-16/h3-11,22H,1-2H3/b21-11-. The average Bonchev–Trinajstić information content (AvgIpc) is 2.84. The zero-order valence-corrected chi connectivity index (χ0v) is 14.0. The molecule has 0 fully saturated rings. The number of nitrogens with one attached hydrogen (secondary N) is 1. The van der Waals surface area contributed by atoms with E-state index in [1.807, 2.05) is 38.1 Å². The van der Waals surface area contributed by atoms with E-state index >= 15 is 0 Å². The lowest BCUT2D eigenvalue weighted by Gasteiger charge is -2.03.